The number of halogens is 1. The van der Waals surface area contributed by atoms with Crippen molar-refractivity contribution in [1.82, 2.24) is 0 Å². The van der Waals surface area contributed by atoms with Gasteiger partial charge in [-0.1, -0.05) is 74.5 Å². The minimum absolute atomic E-state index is 0.175. The highest BCUT2D eigenvalue weighted by Gasteiger charge is 2.31. The average Bonchev–Trinajstić information content (AvgIpc) is 2.47. The van der Waals surface area contributed by atoms with Crippen molar-refractivity contribution < 1.29 is 4.43 Å². The normalized spacial score (nSPS) is 14.8. The summed E-state index contributed by atoms with van der Waals surface area (Å²) in [5.41, 5.74) is 4.77. The lowest BCUT2D eigenvalue weighted by atomic mass is 10.1. The molecule has 1 atom stereocenters. The second-order valence-corrected chi connectivity index (χ2v) is 17.0. The molecule has 0 saturated heterocycles. The van der Waals surface area contributed by atoms with Crippen LogP contribution in [-0.2, 0) is 4.43 Å². The Labute approximate surface area is 154 Å². The third kappa shape index (κ3) is 9.34. The van der Waals surface area contributed by atoms with Crippen molar-refractivity contribution >= 4 is 39.0 Å². The van der Waals surface area contributed by atoms with Crippen LogP contribution in [0.2, 0.25) is 37.8 Å². The van der Waals surface area contributed by atoms with Crippen LogP contribution in [0.1, 0.15) is 34.1 Å². The van der Waals surface area contributed by atoms with Crippen molar-refractivity contribution in [3.05, 3.63) is 21.8 Å². The molecule has 0 unspecified atom stereocenters. The zero-order chi connectivity index (χ0) is 17.2. The Bertz CT molecular complexity index is 426. The predicted octanol–water partition coefficient (Wildman–Crippen LogP) is 6.54. The molecule has 0 heterocycles. The molecule has 0 bridgehead atoms. The highest BCUT2D eigenvalue weighted by atomic mass is 127. The van der Waals surface area contributed by atoms with Gasteiger partial charge < -0.3 is 4.43 Å². The van der Waals surface area contributed by atoms with E-state index in [1.54, 1.807) is 0 Å². The van der Waals surface area contributed by atoms with Gasteiger partial charge in [-0.05, 0) is 47.7 Å². The van der Waals surface area contributed by atoms with E-state index in [0.29, 0.717) is 0 Å². The van der Waals surface area contributed by atoms with Crippen LogP contribution >= 0.6 is 22.6 Å². The van der Waals surface area contributed by atoms with Crippen LogP contribution in [0, 0.1) is 11.5 Å². The van der Waals surface area contributed by atoms with Gasteiger partial charge in [-0.25, -0.2) is 0 Å². The Kier molecular flexibility index (Phi) is 10.9. The molecule has 1 nitrogen and oxygen atoms in total. The van der Waals surface area contributed by atoms with Gasteiger partial charge in [-0.2, -0.15) is 0 Å². The van der Waals surface area contributed by atoms with E-state index in [0.717, 1.165) is 6.42 Å². The first-order valence-corrected chi connectivity index (χ1v) is 15.6. The van der Waals surface area contributed by atoms with Crippen molar-refractivity contribution in [3.63, 3.8) is 0 Å². The fourth-order valence-corrected chi connectivity index (χ4v) is 5.82. The zero-order valence-corrected chi connectivity index (χ0v) is 19.6. The second kappa shape index (κ2) is 10.8. The van der Waals surface area contributed by atoms with Gasteiger partial charge in [0.15, 0.2) is 8.32 Å². The molecule has 0 fully saturated rings. The maximum atomic E-state index is 6.64. The van der Waals surface area contributed by atoms with Crippen LogP contribution < -0.4 is 0 Å². The molecule has 0 aliphatic heterocycles. The maximum absolute atomic E-state index is 6.64. The molecule has 0 N–H and O–H groups in total. The summed E-state index contributed by atoms with van der Waals surface area (Å²) in [6, 6.07) is 3.58. The summed E-state index contributed by atoms with van der Waals surface area (Å²) >= 11 is 2.31. The lowest BCUT2D eigenvalue weighted by molar-refractivity contribution is 0.233. The van der Waals surface area contributed by atoms with Gasteiger partial charge in [-0.3, -0.25) is 0 Å². The van der Waals surface area contributed by atoms with E-state index in [1.165, 1.54) is 23.7 Å². The maximum Gasteiger partial charge on any atom is 0.192 e. The van der Waals surface area contributed by atoms with Crippen molar-refractivity contribution in [1.29, 1.82) is 0 Å². The fraction of sp³-hybridized carbons (Fsp3) is 0.667. The Hall–Kier alpha value is 0.164. The van der Waals surface area contributed by atoms with Gasteiger partial charge >= 0.3 is 0 Å². The second-order valence-electron chi connectivity index (χ2n) is 6.94. The van der Waals surface area contributed by atoms with E-state index < -0.39 is 16.4 Å². The van der Waals surface area contributed by atoms with Gasteiger partial charge in [0.2, 0.25) is 0 Å². The first-order chi connectivity index (χ1) is 10.2. The molecule has 0 aromatic heterocycles. The number of hydrogen-bond acceptors (Lipinski definition) is 1. The molecule has 0 aromatic carbocycles. The van der Waals surface area contributed by atoms with Gasteiger partial charge in [-0.15, -0.1) is 5.54 Å². The van der Waals surface area contributed by atoms with Gasteiger partial charge in [0.05, 0.1) is 6.10 Å². The lowest BCUT2D eigenvalue weighted by Gasteiger charge is -2.32. The number of rotatable bonds is 8. The van der Waals surface area contributed by atoms with E-state index in [-0.39, 0.29) is 6.10 Å². The Morgan fingerprint density at radius 3 is 2.09 bits per heavy atom. The van der Waals surface area contributed by atoms with E-state index in [1.807, 2.05) is 6.08 Å². The number of hydrogen-bond donors (Lipinski definition) is 0. The van der Waals surface area contributed by atoms with Gasteiger partial charge in [0, 0.05) is 0 Å². The Morgan fingerprint density at radius 1 is 1.14 bits per heavy atom. The van der Waals surface area contributed by atoms with E-state index in [4.69, 9.17) is 4.43 Å². The van der Waals surface area contributed by atoms with Crippen LogP contribution in [0.15, 0.2) is 21.8 Å². The zero-order valence-electron chi connectivity index (χ0n) is 15.4. The smallest absolute Gasteiger partial charge is 0.192 e. The van der Waals surface area contributed by atoms with Crippen molar-refractivity contribution in [2.24, 2.45) is 0 Å². The molecule has 22 heavy (non-hydrogen) atoms. The molecular formula is C18H33IOSi2. The molecule has 0 amide bonds. The molecular weight excluding hydrogens is 415 g/mol. The van der Waals surface area contributed by atoms with Gasteiger partial charge in [0.1, 0.15) is 8.07 Å². The monoisotopic (exact) mass is 448 g/mol. The molecule has 0 saturated carbocycles. The Morgan fingerprint density at radius 2 is 1.68 bits per heavy atom. The Balaban J connectivity index is 5.12. The highest BCUT2D eigenvalue weighted by molar-refractivity contribution is 14.1. The molecule has 126 valence electrons. The van der Waals surface area contributed by atoms with Crippen molar-refractivity contribution in [2.45, 2.75) is 78.0 Å². The average molecular weight is 449 g/mol. The molecule has 4 heteroatoms. The standard InChI is InChI=1S/C18H33IOSi2/c1-8-22(9-2,10-3)20-18(15-17(4)16-19)13-11-12-14-21(5,6)7/h11,13,16,18H,8-10,15H2,1-7H3/b13-11-,17-16+/t18-/m0/s1. The first kappa shape index (κ1) is 22.2. The molecule has 0 aliphatic carbocycles. The third-order valence-electron chi connectivity index (χ3n) is 3.89. The van der Waals surface area contributed by atoms with Crippen LogP contribution in [-0.4, -0.2) is 22.5 Å². The molecule has 0 aliphatic rings. The SMILES string of the molecule is CC[Si](CC)(CC)O[C@@H](/C=C\C#C[Si](C)(C)C)C/C(C)=C/I. The van der Waals surface area contributed by atoms with Crippen molar-refractivity contribution in [3.8, 4) is 11.5 Å². The predicted molar refractivity (Wildman–Crippen MR) is 115 cm³/mol. The minimum atomic E-state index is -1.58. The first-order valence-electron chi connectivity index (χ1n) is 8.35. The summed E-state index contributed by atoms with van der Waals surface area (Å²) in [6.07, 6.45) is 5.35. The molecule has 0 radical (unpaired) electrons. The minimum Gasteiger partial charge on any atom is -0.410 e. The van der Waals surface area contributed by atoms with Crippen LogP contribution in [0.5, 0.6) is 0 Å². The van der Waals surface area contributed by atoms with Gasteiger partial charge in [0.25, 0.3) is 0 Å². The van der Waals surface area contributed by atoms with Crippen molar-refractivity contribution in [2.75, 3.05) is 0 Å². The largest absolute Gasteiger partial charge is 0.410 e. The van der Waals surface area contributed by atoms with Crippen LogP contribution in [0.25, 0.3) is 0 Å². The summed E-state index contributed by atoms with van der Waals surface area (Å²) in [7, 11) is -2.87. The summed E-state index contributed by atoms with van der Waals surface area (Å²) in [5, 5.41) is 0. The van der Waals surface area contributed by atoms with E-state index >= 15 is 0 Å². The van der Waals surface area contributed by atoms with E-state index in [9.17, 15) is 0 Å². The molecule has 0 aromatic rings. The summed E-state index contributed by atoms with van der Waals surface area (Å²) in [4.78, 5) is 0. The molecule has 0 rings (SSSR count). The number of allylic oxidation sites excluding steroid dienone is 1. The fourth-order valence-electron chi connectivity index (χ4n) is 2.25. The topological polar surface area (TPSA) is 9.23 Å². The van der Waals surface area contributed by atoms with Crippen LogP contribution in [0.4, 0.5) is 0 Å². The summed E-state index contributed by atoms with van der Waals surface area (Å²) in [6.45, 7) is 15.8. The molecule has 0 spiro atoms. The third-order valence-corrected chi connectivity index (χ3v) is 10.5. The highest BCUT2D eigenvalue weighted by Crippen LogP contribution is 2.26. The quantitative estimate of drug-likeness (QED) is 0.233. The summed E-state index contributed by atoms with van der Waals surface area (Å²) < 4.78 is 8.80. The van der Waals surface area contributed by atoms with E-state index in [2.05, 4.69) is 91.5 Å². The van der Waals surface area contributed by atoms with Crippen LogP contribution in [0.3, 0.4) is 0 Å². The lowest BCUT2D eigenvalue weighted by Crippen LogP contribution is -2.39. The summed E-state index contributed by atoms with van der Waals surface area (Å²) in [5.74, 6) is 3.23.